The van der Waals surface area contributed by atoms with E-state index in [0.717, 1.165) is 39.3 Å². The number of methoxy groups -OCH3 is 2. The molecular formula is C27H31N3O4. The van der Waals surface area contributed by atoms with Gasteiger partial charge in [0.25, 0.3) is 5.91 Å². The maximum atomic E-state index is 13.2. The molecule has 2 fully saturated rings. The van der Waals surface area contributed by atoms with Gasteiger partial charge in [0, 0.05) is 36.0 Å². The Morgan fingerprint density at radius 1 is 1.00 bits per heavy atom. The minimum atomic E-state index is -0.449. The van der Waals surface area contributed by atoms with Gasteiger partial charge in [-0.05, 0) is 56.9 Å². The first-order valence-electron chi connectivity index (χ1n) is 11.8. The number of rotatable bonds is 3. The Bertz CT molecular complexity index is 1170. The number of fused-ring (bicyclic) bond motifs is 3. The maximum absolute atomic E-state index is 13.2. The number of ether oxygens (including phenoxy) is 2. The van der Waals surface area contributed by atoms with Crippen LogP contribution in [-0.2, 0) is 13.0 Å². The highest BCUT2D eigenvalue weighted by Crippen LogP contribution is 2.42. The number of urea groups is 1. The van der Waals surface area contributed by atoms with Gasteiger partial charge in [0.2, 0.25) is 0 Å². The number of carbonyl (C=O) groups excluding carboxylic acids is 2. The van der Waals surface area contributed by atoms with Crippen LogP contribution in [0.15, 0.2) is 42.1 Å². The van der Waals surface area contributed by atoms with Gasteiger partial charge in [0.05, 0.1) is 26.3 Å². The van der Waals surface area contributed by atoms with Crippen molar-refractivity contribution >= 4 is 11.9 Å². The fraction of sp³-hybridized carbons (Fsp3) is 0.407. The fourth-order valence-corrected chi connectivity index (χ4v) is 5.64. The smallest absolute Gasteiger partial charge is 0.322 e. The SMILES string of the molecule is COc1cc2c(c(OC)c1)CC=C1N(C2)C(=O)NC12CCN(C(=O)c1cc(C)cc(C)c1)CC2. The Kier molecular flexibility index (Phi) is 5.50. The molecule has 0 atom stereocenters. The minimum absolute atomic E-state index is 0.0573. The van der Waals surface area contributed by atoms with Crippen molar-refractivity contribution < 1.29 is 19.1 Å². The second-order valence-electron chi connectivity index (χ2n) is 9.53. The highest BCUT2D eigenvalue weighted by molar-refractivity contribution is 5.94. The zero-order valence-corrected chi connectivity index (χ0v) is 20.2. The topological polar surface area (TPSA) is 71.1 Å². The first kappa shape index (κ1) is 22.3. The van der Waals surface area contributed by atoms with Crippen molar-refractivity contribution in [3.05, 3.63) is 69.9 Å². The first-order chi connectivity index (χ1) is 16.3. The summed E-state index contributed by atoms with van der Waals surface area (Å²) in [7, 11) is 3.29. The predicted octanol–water partition coefficient (Wildman–Crippen LogP) is 3.96. The third-order valence-corrected chi connectivity index (χ3v) is 7.30. The van der Waals surface area contributed by atoms with E-state index in [1.165, 1.54) is 0 Å². The average Bonchev–Trinajstić information content (AvgIpc) is 2.96. The summed E-state index contributed by atoms with van der Waals surface area (Å²) in [5.74, 6) is 1.55. The standard InChI is InChI=1S/C27H31N3O4/c1-17-11-18(2)13-19(12-17)25(31)29-9-7-27(8-10-29)24-6-5-22-20(16-30(24)26(32)28-27)14-21(33-3)15-23(22)34-4/h6,11-15H,5,7-10,16H2,1-4H3,(H,28,32). The van der Waals surface area contributed by atoms with Crippen LogP contribution < -0.4 is 14.8 Å². The summed E-state index contributed by atoms with van der Waals surface area (Å²) in [6, 6.07) is 9.76. The molecule has 3 amide bonds. The highest BCUT2D eigenvalue weighted by Gasteiger charge is 2.49. The third kappa shape index (κ3) is 3.69. The fourth-order valence-electron chi connectivity index (χ4n) is 5.64. The van der Waals surface area contributed by atoms with Crippen molar-refractivity contribution in [2.24, 2.45) is 0 Å². The molecule has 0 unspecified atom stereocenters. The van der Waals surface area contributed by atoms with Crippen molar-refractivity contribution in [3.8, 4) is 11.5 Å². The van der Waals surface area contributed by atoms with Gasteiger partial charge >= 0.3 is 6.03 Å². The molecule has 3 aliphatic heterocycles. The number of benzene rings is 2. The number of piperidine rings is 1. The number of likely N-dealkylation sites (tertiary alicyclic amines) is 1. The zero-order chi connectivity index (χ0) is 24.0. The molecule has 3 heterocycles. The van der Waals surface area contributed by atoms with E-state index in [-0.39, 0.29) is 11.9 Å². The van der Waals surface area contributed by atoms with Crippen LogP contribution >= 0.6 is 0 Å². The molecule has 0 aliphatic carbocycles. The van der Waals surface area contributed by atoms with Crippen LogP contribution in [0.3, 0.4) is 0 Å². The van der Waals surface area contributed by atoms with E-state index in [2.05, 4.69) is 17.5 Å². The van der Waals surface area contributed by atoms with E-state index < -0.39 is 5.54 Å². The van der Waals surface area contributed by atoms with Gasteiger partial charge in [0.15, 0.2) is 0 Å². The summed E-state index contributed by atoms with van der Waals surface area (Å²) in [5.41, 5.74) is 5.57. The van der Waals surface area contributed by atoms with Gasteiger partial charge < -0.3 is 19.7 Å². The molecule has 1 N–H and O–H groups in total. The van der Waals surface area contributed by atoms with Crippen LogP contribution in [0.2, 0.25) is 0 Å². The number of allylic oxidation sites excluding steroid dienone is 1. The van der Waals surface area contributed by atoms with Crippen LogP contribution in [0.4, 0.5) is 4.79 Å². The molecule has 0 radical (unpaired) electrons. The zero-order valence-electron chi connectivity index (χ0n) is 20.2. The van der Waals surface area contributed by atoms with Gasteiger partial charge in [-0.3, -0.25) is 9.69 Å². The maximum Gasteiger partial charge on any atom is 0.322 e. The summed E-state index contributed by atoms with van der Waals surface area (Å²) in [4.78, 5) is 30.0. The molecular weight excluding hydrogens is 430 g/mol. The monoisotopic (exact) mass is 461 g/mol. The Balaban J connectivity index is 1.38. The van der Waals surface area contributed by atoms with Gasteiger partial charge in [-0.25, -0.2) is 4.79 Å². The third-order valence-electron chi connectivity index (χ3n) is 7.30. The van der Waals surface area contributed by atoms with Crippen molar-refractivity contribution in [1.82, 2.24) is 15.1 Å². The van der Waals surface area contributed by atoms with Gasteiger partial charge in [-0.2, -0.15) is 0 Å². The first-order valence-corrected chi connectivity index (χ1v) is 11.8. The Morgan fingerprint density at radius 2 is 1.71 bits per heavy atom. The number of carbonyl (C=O) groups is 2. The molecule has 2 aromatic rings. The Morgan fingerprint density at radius 3 is 2.35 bits per heavy atom. The normalized spacial score (nSPS) is 18.6. The second-order valence-corrected chi connectivity index (χ2v) is 9.53. The number of nitrogens with zero attached hydrogens (tertiary/aromatic N) is 2. The summed E-state index contributed by atoms with van der Waals surface area (Å²) in [6.07, 6.45) is 4.21. The molecule has 5 rings (SSSR count). The average molecular weight is 462 g/mol. The Hall–Kier alpha value is -3.48. The van der Waals surface area contributed by atoms with Crippen molar-refractivity contribution in [1.29, 1.82) is 0 Å². The molecule has 0 saturated carbocycles. The molecule has 7 nitrogen and oxygen atoms in total. The lowest BCUT2D eigenvalue weighted by atomic mass is 9.84. The van der Waals surface area contributed by atoms with Crippen molar-refractivity contribution in [2.45, 2.75) is 45.2 Å². The molecule has 0 aromatic heterocycles. The number of aryl methyl sites for hydroxylation is 2. The number of hydrogen-bond acceptors (Lipinski definition) is 4. The molecule has 7 heteroatoms. The van der Waals surface area contributed by atoms with Crippen LogP contribution in [0.25, 0.3) is 0 Å². The van der Waals surface area contributed by atoms with E-state index in [4.69, 9.17) is 9.47 Å². The van der Waals surface area contributed by atoms with Crippen LogP contribution in [0.5, 0.6) is 11.5 Å². The molecule has 3 aliphatic rings. The predicted molar refractivity (Wildman–Crippen MR) is 129 cm³/mol. The largest absolute Gasteiger partial charge is 0.497 e. The summed E-state index contributed by atoms with van der Waals surface area (Å²) in [5, 5.41) is 3.26. The molecule has 34 heavy (non-hydrogen) atoms. The molecule has 1 spiro atoms. The number of hydrogen-bond donors (Lipinski definition) is 1. The molecule has 178 valence electrons. The summed E-state index contributed by atoms with van der Waals surface area (Å²) < 4.78 is 11.1. The van der Waals surface area contributed by atoms with E-state index in [1.54, 1.807) is 14.2 Å². The van der Waals surface area contributed by atoms with E-state index in [1.807, 2.05) is 47.9 Å². The van der Waals surface area contributed by atoms with Crippen molar-refractivity contribution in [3.63, 3.8) is 0 Å². The highest BCUT2D eigenvalue weighted by atomic mass is 16.5. The van der Waals surface area contributed by atoms with E-state index >= 15 is 0 Å². The number of amides is 3. The van der Waals surface area contributed by atoms with Crippen LogP contribution in [0, 0.1) is 13.8 Å². The molecule has 2 aromatic carbocycles. The lowest BCUT2D eigenvalue weighted by Crippen LogP contribution is -2.53. The quantitative estimate of drug-likeness (QED) is 0.751. The van der Waals surface area contributed by atoms with Gasteiger partial charge in [-0.15, -0.1) is 0 Å². The van der Waals surface area contributed by atoms with Gasteiger partial charge in [-0.1, -0.05) is 23.3 Å². The van der Waals surface area contributed by atoms with Crippen LogP contribution in [-0.4, -0.2) is 54.6 Å². The minimum Gasteiger partial charge on any atom is -0.497 e. The lowest BCUT2D eigenvalue weighted by Gasteiger charge is -2.40. The lowest BCUT2D eigenvalue weighted by molar-refractivity contribution is 0.0677. The van der Waals surface area contributed by atoms with E-state index in [0.29, 0.717) is 44.6 Å². The second kappa shape index (κ2) is 8.38. The molecule has 2 saturated heterocycles. The van der Waals surface area contributed by atoms with Crippen molar-refractivity contribution in [2.75, 3.05) is 27.3 Å². The van der Waals surface area contributed by atoms with E-state index in [9.17, 15) is 9.59 Å². The van der Waals surface area contributed by atoms with Gasteiger partial charge in [0.1, 0.15) is 11.5 Å². The Labute approximate surface area is 200 Å². The molecule has 0 bridgehead atoms. The summed E-state index contributed by atoms with van der Waals surface area (Å²) >= 11 is 0. The number of nitrogens with one attached hydrogen (secondary N) is 1. The van der Waals surface area contributed by atoms with Crippen LogP contribution in [0.1, 0.15) is 45.5 Å². The summed E-state index contributed by atoms with van der Waals surface area (Å²) in [6.45, 7) is 5.69.